The predicted molar refractivity (Wildman–Crippen MR) is 59.6 cm³/mol. The molecule has 0 unspecified atom stereocenters. The number of nitrogens with zero attached hydrogens (tertiary/aromatic N) is 2. The number of ketones is 1. The largest absolute Gasteiger partial charge is 0.378 e. The Balaban J connectivity index is 2.78. The normalized spacial score (nSPS) is 10.5. The third-order valence-corrected chi connectivity index (χ3v) is 1.76. The van der Waals surface area contributed by atoms with E-state index in [2.05, 4.69) is 4.99 Å². The molecule has 0 amide bonds. The highest BCUT2D eigenvalue weighted by Gasteiger charge is 1.94. The van der Waals surface area contributed by atoms with E-state index in [-0.39, 0.29) is 5.78 Å². The lowest BCUT2D eigenvalue weighted by Crippen LogP contribution is -2.07. The van der Waals surface area contributed by atoms with Gasteiger partial charge in [-0.2, -0.15) is 0 Å². The molecule has 1 aromatic carbocycles. The molecule has 0 radical (unpaired) electrons. The molecular weight excluding hydrogens is 176 g/mol. The summed E-state index contributed by atoms with van der Waals surface area (Å²) in [7, 11) is 3.96. The Morgan fingerprint density at radius 2 is 1.86 bits per heavy atom. The van der Waals surface area contributed by atoms with Crippen LogP contribution in [0.4, 0.5) is 11.4 Å². The van der Waals surface area contributed by atoms with E-state index in [9.17, 15) is 4.79 Å². The maximum atomic E-state index is 10.6. The summed E-state index contributed by atoms with van der Waals surface area (Å²) in [5.41, 5.74) is 1.91. The van der Waals surface area contributed by atoms with Gasteiger partial charge < -0.3 is 4.90 Å². The highest BCUT2D eigenvalue weighted by Crippen LogP contribution is 2.17. The Labute approximate surface area is 84.1 Å². The number of hydrogen-bond donors (Lipinski definition) is 0. The van der Waals surface area contributed by atoms with E-state index in [1.165, 1.54) is 13.1 Å². The van der Waals surface area contributed by atoms with Crippen molar-refractivity contribution in [1.29, 1.82) is 0 Å². The predicted octanol–water partition coefficient (Wildman–Crippen LogP) is 2.04. The van der Waals surface area contributed by atoms with Gasteiger partial charge in [0.25, 0.3) is 0 Å². The molecule has 1 rings (SSSR count). The van der Waals surface area contributed by atoms with Crippen molar-refractivity contribution in [2.75, 3.05) is 19.0 Å². The van der Waals surface area contributed by atoms with E-state index in [0.717, 1.165) is 11.4 Å². The highest BCUT2D eigenvalue weighted by atomic mass is 16.1. The van der Waals surface area contributed by atoms with Crippen LogP contribution in [0.15, 0.2) is 29.3 Å². The Bertz CT molecular complexity index is 339. The summed E-state index contributed by atoms with van der Waals surface area (Å²) in [4.78, 5) is 16.7. The van der Waals surface area contributed by atoms with Crippen molar-refractivity contribution in [3.05, 3.63) is 24.3 Å². The second-order valence-electron chi connectivity index (χ2n) is 3.28. The number of carbonyl (C=O) groups is 1. The molecule has 0 saturated heterocycles. The van der Waals surface area contributed by atoms with Crippen LogP contribution < -0.4 is 4.90 Å². The zero-order valence-electron chi connectivity index (χ0n) is 8.69. The minimum Gasteiger partial charge on any atom is -0.378 e. The molecule has 0 spiro atoms. The fraction of sp³-hybridized carbons (Fsp3) is 0.273. The first kappa shape index (κ1) is 10.4. The number of benzene rings is 1. The molecule has 14 heavy (non-hydrogen) atoms. The molecule has 0 aliphatic carbocycles. The number of rotatable bonds is 3. The minimum absolute atomic E-state index is 0.0401. The Hall–Kier alpha value is -1.64. The van der Waals surface area contributed by atoms with Crippen molar-refractivity contribution in [2.45, 2.75) is 6.92 Å². The minimum atomic E-state index is -0.0401. The van der Waals surface area contributed by atoms with Gasteiger partial charge in [0, 0.05) is 26.7 Å². The third-order valence-electron chi connectivity index (χ3n) is 1.76. The van der Waals surface area contributed by atoms with E-state index in [4.69, 9.17) is 0 Å². The number of carbonyl (C=O) groups excluding carboxylic acids is 1. The smallest absolute Gasteiger partial charge is 0.170 e. The van der Waals surface area contributed by atoms with E-state index < -0.39 is 0 Å². The van der Waals surface area contributed by atoms with Crippen LogP contribution in [0, 0.1) is 0 Å². The van der Waals surface area contributed by atoms with Gasteiger partial charge in [-0.05, 0) is 24.3 Å². The lowest BCUT2D eigenvalue weighted by atomic mass is 10.3. The molecule has 3 nitrogen and oxygen atoms in total. The molecule has 3 heteroatoms. The second kappa shape index (κ2) is 4.56. The van der Waals surface area contributed by atoms with Crippen LogP contribution in [-0.2, 0) is 4.79 Å². The van der Waals surface area contributed by atoms with Crippen LogP contribution in [0.1, 0.15) is 6.92 Å². The van der Waals surface area contributed by atoms with E-state index in [0.29, 0.717) is 0 Å². The summed E-state index contributed by atoms with van der Waals surface area (Å²) in [6.45, 7) is 1.48. The third kappa shape index (κ3) is 3.01. The number of aliphatic imine (C=N–C) groups is 1. The standard InChI is InChI=1S/C11H14N2O/c1-9(14)8-12-10-4-6-11(7-5-10)13(2)3/h4-8H,1-3H3. The lowest BCUT2D eigenvalue weighted by molar-refractivity contribution is -0.110. The zero-order chi connectivity index (χ0) is 10.6. The van der Waals surface area contributed by atoms with E-state index in [1.54, 1.807) is 0 Å². The number of hydrogen-bond acceptors (Lipinski definition) is 3. The van der Waals surface area contributed by atoms with E-state index in [1.807, 2.05) is 43.3 Å². The molecule has 0 heterocycles. The molecule has 1 aromatic rings. The molecule has 0 aromatic heterocycles. The summed E-state index contributed by atoms with van der Waals surface area (Å²) < 4.78 is 0. The average Bonchev–Trinajstić information content (AvgIpc) is 2.15. The van der Waals surface area contributed by atoms with Crippen LogP contribution in [0.5, 0.6) is 0 Å². The van der Waals surface area contributed by atoms with Crippen molar-refractivity contribution >= 4 is 23.4 Å². The molecule has 0 bridgehead atoms. The van der Waals surface area contributed by atoms with Crippen LogP contribution in [-0.4, -0.2) is 26.1 Å². The molecule has 0 aliphatic rings. The maximum Gasteiger partial charge on any atom is 0.170 e. The number of Topliss-reactive ketones (excluding diaryl/α,β-unsaturated/α-hetero) is 1. The van der Waals surface area contributed by atoms with Crippen LogP contribution in [0.3, 0.4) is 0 Å². The maximum absolute atomic E-state index is 10.6. The molecule has 0 atom stereocenters. The number of anilines is 1. The van der Waals surface area contributed by atoms with Gasteiger partial charge in [0.1, 0.15) is 0 Å². The summed E-state index contributed by atoms with van der Waals surface area (Å²) in [6, 6.07) is 7.70. The van der Waals surface area contributed by atoms with Crippen LogP contribution in [0.25, 0.3) is 0 Å². The van der Waals surface area contributed by atoms with Gasteiger partial charge in [-0.3, -0.25) is 9.79 Å². The van der Waals surface area contributed by atoms with Gasteiger partial charge in [-0.1, -0.05) is 0 Å². The summed E-state index contributed by atoms with van der Waals surface area (Å²) in [6.07, 6.45) is 1.32. The van der Waals surface area contributed by atoms with Gasteiger partial charge >= 0.3 is 0 Å². The van der Waals surface area contributed by atoms with Gasteiger partial charge in [0.2, 0.25) is 0 Å². The first-order valence-corrected chi connectivity index (χ1v) is 4.41. The molecule has 0 fully saturated rings. The van der Waals surface area contributed by atoms with Crippen LogP contribution >= 0.6 is 0 Å². The molecule has 74 valence electrons. The fourth-order valence-corrected chi connectivity index (χ4v) is 1.00. The highest BCUT2D eigenvalue weighted by molar-refractivity contribution is 6.26. The topological polar surface area (TPSA) is 32.7 Å². The first-order valence-electron chi connectivity index (χ1n) is 4.41. The van der Waals surface area contributed by atoms with Gasteiger partial charge in [0.15, 0.2) is 5.78 Å². The van der Waals surface area contributed by atoms with Crippen molar-refractivity contribution in [3.63, 3.8) is 0 Å². The van der Waals surface area contributed by atoms with Gasteiger partial charge in [0.05, 0.1) is 11.9 Å². The Morgan fingerprint density at radius 1 is 1.29 bits per heavy atom. The van der Waals surface area contributed by atoms with Crippen molar-refractivity contribution in [1.82, 2.24) is 0 Å². The SMILES string of the molecule is CC(=O)C=Nc1ccc(N(C)C)cc1. The van der Waals surface area contributed by atoms with Gasteiger partial charge in [-0.25, -0.2) is 0 Å². The quantitative estimate of drug-likeness (QED) is 0.683. The fourth-order valence-electron chi connectivity index (χ4n) is 1.00. The monoisotopic (exact) mass is 190 g/mol. The van der Waals surface area contributed by atoms with Crippen molar-refractivity contribution < 1.29 is 4.79 Å². The first-order chi connectivity index (χ1) is 6.59. The molecule has 0 N–H and O–H groups in total. The van der Waals surface area contributed by atoms with Crippen LogP contribution in [0.2, 0.25) is 0 Å². The molecule has 0 saturated carbocycles. The molecular formula is C11H14N2O. The Morgan fingerprint density at radius 3 is 2.29 bits per heavy atom. The zero-order valence-corrected chi connectivity index (χ0v) is 8.69. The molecule has 0 aliphatic heterocycles. The lowest BCUT2D eigenvalue weighted by Gasteiger charge is -2.11. The average molecular weight is 190 g/mol. The second-order valence-corrected chi connectivity index (χ2v) is 3.28. The van der Waals surface area contributed by atoms with Crippen molar-refractivity contribution in [3.8, 4) is 0 Å². The van der Waals surface area contributed by atoms with Gasteiger partial charge in [-0.15, -0.1) is 0 Å². The Kier molecular flexibility index (Phi) is 3.40. The van der Waals surface area contributed by atoms with Crippen molar-refractivity contribution in [2.24, 2.45) is 4.99 Å². The summed E-state index contributed by atoms with van der Waals surface area (Å²) in [5, 5.41) is 0. The van der Waals surface area contributed by atoms with E-state index >= 15 is 0 Å². The summed E-state index contributed by atoms with van der Waals surface area (Å²) in [5.74, 6) is -0.0401. The summed E-state index contributed by atoms with van der Waals surface area (Å²) >= 11 is 0.